The molecular formula is C18H15Cl2N5S. The van der Waals surface area contributed by atoms with Gasteiger partial charge in [0.2, 0.25) is 5.95 Å². The summed E-state index contributed by atoms with van der Waals surface area (Å²) in [6.45, 7) is 4.57. The third-order valence-electron chi connectivity index (χ3n) is 4.09. The van der Waals surface area contributed by atoms with E-state index in [1.54, 1.807) is 23.6 Å². The van der Waals surface area contributed by atoms with Crippen LogP contribution in [0.2, 0.25) is 10.0 Å². The van der Waals surface area contributed by atoms with Gasteiger partial charge in [-0.3, -0.25) is 4.57 Å². The first-order valence-electron chi connectivity index (χ1n) is 7.97. The normalized spacial score (nSPS) is 11.2. The summed E-state index contributed by atoms with van der Waals surface area (Å²) < 4.78 is 1.87. The fourth-order valence-corrected chi connectivity index (χ4v) is 3.97. The monoisotopic (exact) mass is 403 g/mol. The molecule has 0 aliphatic carbocycles. The van der Waals surface area contributed by atoms with Gasteiger partial charge in [0.05, 0.1) is 15.4 Å². The predicted molar refractivity (Wildman–Crippen MR) is 108 cm³/mol. The number of nitrogens with one attached hydrogen (secondary N) is 1. The number of nitrogens with zero attached hydrogens (tertiary/aromatic N) is 4. The van der Waals surface area contributed by atoms with E-state index in [2.05, 4.69) is 22.6 Å². The highest BCUT2D eigenvalue weighted by atomic mass is 35.5. The van der Waals surface area contributed by atoms with Crippen molar-refractivity contribution >= 4 is 50.6 Å². The minimum absolute atomic E-state index is 0.542. The van der Waals surface area contributed by atoms with Gasteiger partial charge < -0.3 is 5.32 Å². The topological polar surface area (TPSA) is 55.6 Å². The molecule has 0 aliphatic rings. The maximum Gasteiger partial charge on any atom is 0.238 e. The van der Waals surface area contributed by atoms with Crippen LogP contribution in [0.1, 0.15) is 17.0 Å². The van der Waals surface area contributed by atoms with Crippen LogP contribution in [0.5, 0.6) is 0 Å². The van der Waals surface area contributed by atoms with Crippen LogP contribution in [-0.2, 0) is 6.54 Å². The molecule has 3 heterocycles. The zero-order chi connectivity index (χ0) is 18.3. The highest BCUT2D eigenvalue weighted by molar-refractivity contribution is 7.17. The average Bonchev–Trinajstić information content (AvgIpc) is 3.21. The third-order valence-corrected chi connectivity index (χ3v) is 5.82. The van der Waals surface area contributed by atoms with Gasteiger partial charge in [-0.05, 0) is 42.5 Å². The van der Waals surface area contributed by atoms with Crippen molar-refractivity contribution in [2.45, 2.75) is 20.4 Å². The second kappa shape index (κ2) is 6.87. The Kier molecular flexibility index (Phi) is 4.56. The van der Waals surface area contributed by atoms with Gasteiger partial charge in [0, 0.05) is 18.9 Å². The average molecular weight is 404 g/mol. The lowest BCUT2D eigenvalue weighted by atomic mass is 10.2. The Morgan fingerprint density at radius 3 is 2.73 bits per heavy atom. The number of halogens is 2. The molecule has 0 spiro atoms. The molecule has 0 saturated carbocycles. The molecule has 1 N–H and O–H groups in total. The van der Waals surface area contributed by atoms with Gasteiger partial charge in [-0.2, -0.15) is 4.98 Å². The van der Waals surface area contributed by atoms with E-state index >= 15 is 0 Å². The number of hydrogen-bond donors (Lipinski definition) is 1. The molecule has 5 nitrogen and oxygen atoms in total. The quantitative estimate of drug-likeness (QED) is 0.494. The summed E-state index contributed by atoms with van der Waals surface area (Å²) in [6, 6.07) is 5.60. The summed E-state index contributed by atoms with van der Waals surface area (Å²) >= 11 is 13.7. The summed E-state index contributed by atoms with van der Waals surface area (Å²) in [5.74, 6) is 2.24. The van der Waals surface area contributed by atoms with E-state index in [0.29, 0.717) is 22.5 Å². The number of benzene rings is 1. The number of rotatable bonds is 4. The van der Waals surface area contributed by atoms with E-state index in [4.69, 9.17) is 33.2 Å². The summed E-state index contributed by atoms with van der Waals surface area (Å²) in [5, 5.41) is 7.64. The Labute approximate surface area is 164 Å². The van der Waals surface area contributed by atoms with E-state index in [1.807, 2.05) is 29.8 Å². The lowest BCUT2D eigenvalue weighted by Gasteiger charge is -2.11. The van der Waals surface area contributed by atoms with Gasteiger partial charge in [0.25, 0.3) is 0 Å². The number of aromatic nitrogens is 4. The Hall–Kier alpha value is -2.15. The molecule has 4 aromatic rings. The SMILES string of the molecule is Cc1csc2nc(-n3ccnc3C)nc(NCc3ccc(Cl)c(Cl)c3)c12. The molecule has 0 amide bonds. The molecule has 0 unspecified atom stereocenters. The van der Waals surface area contributed by atoms with Gasteiger partial charge in [-0.15, -0.1) is 11.3 Å². The first kappa shape index (κ1) is 17.3. The molecule has 0 saturated heterocycles. The van der Waals surface area contributed by atoms with Crippen molar-refractivity contribution in [3.05, 3.63) is 63.0 Å². The number of hydrogen-bond acceptors (Lipinski definition) is 5. The van der Waals surface area contributed by atoms with E-state index in [-0.39, 0.29) is 0 Å². The maximum absolute atomic E-state index is 6.11. The van der Waals surface area contributed by atoms with Crippen molar-refractivity contribution in [2.75, 3.05) is 5.32 Å². The zero-order valence-corrected chi connectivity index (χ0v) is 16.5. The van der Waals surface area contributed by atoms with Crippen LogP contribution >= 0.6 is 34.5 Å². The molecule has 4 rings (SSSR count). The third kappa shape index (κ3) is 3.16. The van der Waals surface area contributed by atoms with Crippen LogP contribution in [0, 0.1) is 13.8 Å². The molecule has 0 atom stereocenters. The van der Waals surface area contributed by atoms with Gasteiger partial charge in [-0.1, -0.05) is 29.3 Å². The first-order valence-corrected chi connectivity index (χ1v) is 9.60. The fourth-order valence-electron chi connectivity index (χ4n) is 2.73. The van der Waals surface area contributed by atoms with E-state index in [1.165, 1.54) is 0 Å². The van der Waals surface area contributed by atoms with Crippen molar-refractivity contribution < 1.29 is 0 Å². The lowest BCUT2D eigenvalue weighted by Crippen LogP contribution is -2.07. The molecule has 0 aliphatic heterocycles. The highest BCUT2D eigenvalue weighted by Gasteiger charge is 2.14. The molecule has 132 valence electrons. The van der Waals surface area contributed by atoms with Crippen molar-refractivity contribution in [2.24, 2.45) is 0 Å². The fraction of sp³-hybridized carbons (Fsp3) is 0.167. The molecule has 0 fully saturated rings. The van der Waals surface area contributed by atoms with Gasteiger partial charge in [0.15, 0.2) is 0 Å². The van der Waals surface area contributed by atoms with Crippen molar-refractivity contribution in [3.63, 3.8) is 0 Å². The van der Waals surface area contributed by atoms with E-state index in [0.717, 1.165) is 33.0 Å². The molecule has 0 bridgehead atoms. The van der Waals surface area contributed by atoms with Crippen LogP contribution in [0.15, 0.2) is 36.0 Å². The standard InChI is InChI=1S/C18H15Cl2N5S/c1-10-9-26-17-15(10)16(22-8-12-3-4-13(19)14(20)7-12)23-18(24-17)25-6-5-21-11(25)2/h3-7,9H,8H2,1-2H3,(H,22,23,24). The van der Waals surface area contributed by atoms with Gasteiger partial charge in [-0.25, -0.2) is 9.97 Å². The first-order chi connectivity index (χ1) is 12.5. The zero-order valence-electron chi connectivity index (χ0n) is 14.1. The molecule has 26 heavy (non-hydrogen) atoms. The van der Waals surface area contributed by atoms with Crippen LogP contribution in [-0.4, -0.2) is 19.5 Å². The second-order valence-corrected chi connectivity index (χ2v) is 7.59. The van der Waals surface area contributed by atoms with Crippen molar-refractivity contribution in [1.82, 2.24) is 19.5 Å². The molecule has 8 heteroatoms. The number of fused-ring (bicyclic) bond motifs is 1. The Balaban J connectivity index is 1.74. The van der Waals surface area contributed by atoms with Gasteiger partial charge in [0.1, 0.15) is 16.5 Å². The summed E-state index contributed by atoms with van der Waals surface area (Å²) in [5.41, 5.74) is 2.18. The number of aryl methyl sites for hydroxylation is 2. The second-order valence-electron chi connectivity index (χ2n) is 5.92. The van der Waals surface area contributed by atoms with E-state index < -0.39 is 0 Å². The Bertz CT molecular complexity index is 1100. The van der Waals surface area contributed by atoms with Gasteiger partial charge >= 0.3 is 0 Å². The number of thiophene rings is 1. The van der Waals surface area contributed by atoms with Crippen LogP contribution in [0.3, 0.4) is 0 Å². The minimum Gasteiger partial charge on any atom is -0.365 e. The van der Waals surface area contributed by atoms with Crippen LogP contribution in [0.25, 0.3) is 16.2 Å². The van der Waals surface area contributed by atoms with Crippen LogP contribution in [0.4, 0.5) is 5.82 Å². The molecule has 1 aromatic carbocycles. The molecule has 0 radical (unpaired) electrons. The summed E-state index contributed by atoms with van der Waals surface area (Å²) in [4.78, 5) is 14.6. The highest BCUT2D eigenvalue weighted by Crippen LogP contribution is 2.31. The van der Waals surface area contributed by atoms with Crippen molar-refractivity contribution in [3.8, 4) is 5.95 Å². The largest absolute Gasteiger partial charge is 0.365 e. The molecule has 3 aromatic heterocycles. The van der Waals surface area contributed by atoms with Crippen LogP contribution < -0.4 is 5.32 Å². The Morgan fingerprint density at radius 1 is 1.15 bits per heavy atom. The van der Waals surface area contributed by atoms with E-state index in [9.17, 15) is 0 Å². The smallest absolute Gasteiger partial charge is 0.238 e. The summed E-state index contributed by atoms with van der Waals surface area (Å²) in [6.07, 6.45) is 3.60. The number of imidazole rings is 1. The maximum atomic E-state index is 6.11. The minimum atomic E-state index is 0.542. The Morgan fingerprint density at radius 2 is 2.00 bits per heavy atom. The van der Waals surface area contributed by atoms with Crippen molar-refractivity contribution in [1.29, 1.82) is 0 Å². The molecular weight excluding hydrogens is 389 g/mol. The number of anilines is 1. The summed E-state index contributed by atoms with van der Waals surface area (Å²) in [7, 11) is 0. The predicted octanol–water partition coefficient (Wildman–Crippen LogP) is 5.41. The lowest BCUT2D eigenvalue weighted by molar-refractivity contribution is 0.893.